The van der Waals surface area contributed by atoms with Crippen molar-refractivity contribution in [1.82, 2.24) is 25.9 Å². The van der Waals surface area contributed by atoms with Crippen molar-refractivity contribution >= 4 is 17.5 Å². The molecule has 0 radical (unpaired) electrons. The predicted molar refractivity (Wildman–Crippen MR) is 74.0 cm³/mol. The fraction of sp³-hybridized carbons (Fsp3) is 0.308. The first-order valence-corrected chi connectivity index (χ1v) is 6.64. The lowest BCUT2D eigenvalue weighted by Crippen LogP contribution is -2.40. The molecule has 2 heterocycles. The van der Waals surface area contributed by atoms with Crippen molar-refractivity contribution in [3.05, 3.63) is 24.3 Å². The summed E-state index contributed by atoms with van der Waals surface area (Å²) in [7, 11) is 0. The lowest BCUT2D eigenvalue weighted by atomic mass is 9.98. The number of tetrazole rings is 1. The summed E-state index contributed by atoms with van der Waals surface area (Å²) in [6, 6.07) is 7.22. The number of carbonyl (C=O) groups is 2. The van der Waals surface area contributed by atoms with E-state index in [2.05, 4.69) is 31.3 Å². The van der Waals surface area contributed by atoms with Crippen LogP contribution in [0.4, 0.5) is 5.69 Å². The highest BCUT2D eigenvalue weighted by Gasteiger charge is 2.24. The zero-order valence-corrected chi connectivity index (χ0v) is 11.2. The highest BCUT2D eigenvalue weighted by molar-refractivity contribution is 5.94. The molecule has 8 heteroatoms. The number of nitrogens with one attached hydrogen (secondary N) is 3. The molecule has 1 aliphatic heterocycles. The molecule has 2 amide bonds. The summed E-state index contributed by atoms with van der Waals surface area (Å²) in [6.07, 6.45) is 0.961. The molecule has 1 unspecified atom stereocenters. The summed E-state index contributed by atoms with van der Waals surface area (Å²) in [5.74, 6) is 0.172. The van der Waals surface area contributed by atoms with Gasteiger partial charge < -0.3 is 10.6 Å². The molecule has 21 heavy (non-hydrogen) atoms. The monoisotopic (exact) mass is 286 g/mol. The standard InChI is InChI=1S/C13H14N6O2/c20-11-5-4-9(7-14-11)13(21)15-10-3-1-2-8(6-10)12-16-18-19-17-12/h1-3,6,9H,4-5,7H2,(H,14,20)(H,15,21)(H,16,17,18,19). The van der Waals surface area contributed by atoms with Crippen LogP contribution in [-0.4, -0.2) is 39.0 Å². The van der Waals surface area contributed by atoms with Crippen molar-refractivity contribution < 1.29 is 9.59 Å². The lowest BCUT2D eigenvalue weighted by Gasteiger charge is -2.21. The van der Waals surface area contributed by atoms with Crippen LogP contribution in [0.25, 0.3) is 11.4 Å². The number of aromatic amines is 1. The summed E-state index contributed by atoms with van der Waals surface area (Å²) in [4.78, 5) is 23.3. The number of H-pyrrole nitrogens is 1. The van der Waals surface area contributed by atoms with Gasteiger partial charge in [-0.05, 0) is 23.8 Å². The van der Waals surface area contributed by atoms with Crippen LogP contribution >= 0.6 is 0 Å². The number of benzene rings is 1. The molecule has 3 N–H and O–H groups in total. The molecule has 108 valence electrons. The molecule has 8 nitrogen and oxygen atoms in total. The van der Waals surface area contributed by atoms with Gasteiger partial charge in [0.15, 0.2) is 0 Å². The van der Waals surface area contributed by atoms with Gasteiger partial charge in [-0.25, -0.2) is 0 Å². The summed E-state index contributed by atoms with van der Waals surface area (Å²) in [5.41, 5.74) is 1.43. The molecule has 2 aromatic rings. The Morgan fingerprint density at radius 2 is 2.29 bits per heavy atom. The molecular weight excluding hydrogens is 272 g/mol. The number of aromatic nitrogens is 4. The van der Waals surface area contributed by atoms with Gasteiger partial charge in [0.25, 0.3) is 0 Å². The Balaban J connectivity index is 1.69. The van der Waals surface area contributed by atoms with E-state index in [4.69, 9.17) is 0 Å². The zero-order valence-electron chi connectivity index (χ0n) is 11.2. The minimum Gasteiger partial charge on any atom is -0.355 e. The molecular formula is C13H14N6O2. The third kappa shape index (κ3) is 3.04. The number of anilines is 1. The number of amides is 2. The van der Waals surface area contributed by atoms with Crippen molar-refractivity contribution in [3.8, 4) is 11.4 Å². The van der Waals surface area contributed by atoms with E-state index in [9.17, 15) is 9.59 Å². The second kappa shape index (κ2) is 5.70. The summed E-state index contributed by atoms with van der Waals surface area (Å²) in [5, 5.41) is 19.2. The molecule has 1 saturated heterocycles. The normalized spacial score (nSPS) is 18.1. The molecule has 0 bridgehead atoms. The molecule has 0 spiro atoms. The van der Waals surface area contributed by atoms with E-state index < -0.39 is 0 Å². The topological polar surface area (TPSA) is 113 Å². The Bertz CT molecular complexity index is 644. The Morgan fingerprint density at radius 3 is 3.00 bits per heavy atom. The van der Waals surface area contributed by atoms with Crippen molar-refractivity contribution in [2.75, 3.05) is 11.9 Å². The first kappa shape index (κ1) is 13.2. The van der Waals surface area contributed by atoms with Gasteiger partial charge in [-0.3, -0.25) is 9.59 Å². The Labute approximate surface area is 120 Å². The van der Waals surface area contributed by atoms with E-state index in [-0.39, 0.29) is 17.7 Å². The average Bonchev–Trinajstić information content (AvgIpc) is 3.02. The maximum Gasteiger partial charge on any atom is 0.229 e. The smallest absolute Gasteiger partial charge is 0.229 e. The van der Waals surface area contributed by atoms with Gasteiger partial charge in [-0.1, -0.05) is 12.1 Å². The predicted octanol–water partition coefficient (Wildman–Crippen LogP) is 0.331. The van der Waals surface area contributed by atoms with Gasteiger partial charge in [0.05, 0.1) is 5.92 Å². The number of piperidine rings is 1. The number of hydrogen-bond acceptors (Lipinski definition) is 5. The van der Waals surface area contributed by atoms with Crippen molar-refractivity contribution in [3.63, 3.8) is 0 Å². The van der Waals surface area contributed by atoms with E-state index in [0.29, 0.717) is 30.9 Å². The maximum absolute atomic E-state index is 12.2. The van der Waals surface area contributed by atoms with E-state index in [1.165, 1.54) is 0 Å². The van der Waals surface area contributed by atoms with Crippen molar-refractivity contribution in [2.24, 2.45) is 5.92 Å². The number of rotatable bonds is 3. The van der Waals surface area contributed by atoms with Gasteiger partial charge in [0.2, 0.25) is 17.6 Å². The van der Waals surface area contributed by atoms with Crippen LogP contribution in [0.2, 0.25) is 0 Å². The molecule has 1 aliphatic rings. The summed E-state index contributed by atoms with van der Waals surface area (Å²) >= 11 is 0. The SMILES string of the molecule is O=C1CCC(C(=O)Nc2cccc(-c3nn[nH]n3)c2)CN1. The largest absolute Gasteiger partial charge is 0.355 e. The van der Waals surface area contributed by atoms with Crippen LogP contribution < -0.4 is 10.6 Å². The van der Waals surface area contributed by atoms with Crippen molar-refractivity contribution in [1.29, 1.82) is 0 Å². The first-order valence-electron chi connectivity index (χ1n) is 6.64. The Hall–Kier alpha value is -2.77. The highest BCUT2D eigenvalue weighted by atomic mass is 16.2. The van der Waals surface area contributed by atoms with Gasteiger partial charge in [-0.2, -0.15) is 5.21 Å². The third-order valence-electron chi connectivity index (χ3n) is 3.37. The van der Waals surface area contributed by atoms with Gasteiger partial charge in [0.1, 0.15) is 0 Å². The average molecular weight is 286 g/mol. The maximum atomic E-state index is 12.2. The Morgan fingerprint density at radius 1 is 1.38 bits per heavy atom. The molecule has 1 aromatic heterocycles. The van der Waals surface area contributed by atoms with Gasteiger partial charge in [-0.15, -0.1) is 10.2 Å². The van der Waals surface area contributed by atoms with Crippen LogP contribution in [0, 0.1) is 5.92 Å². The zero-order chi connectivity index (χ0) is 14.7. The molecule has 1 aromatic carbocycles. The van der Waals surface area contributed by atoms with E-state index >= 15 is 0 Å². The summed E-state index contributed by atoms with van der Waals surface area (Å²) in [6.45, 7) is 0.384. The van der Waals surface area contributed by atoms with Crippen LogP contribution in [0.3, 0.4) is 0 Å². The van der Waals surface area contributed by atoms with E-state index in [1.54, 1.807) is 12.1 Å². The second-order valence-corrected chi connectivity index (χ2v) is 4.85. The minimum absolute atomic E-state index is 0.00171. The quantitative estimate of drug-likeness (QED) is 0.752. The lowest BCUT2D eigenvalue weighted by molar-refractivity contribution is -0.126. The second-order valence-electron chi connectivity index (χ2n) is 4.85. The van der Waals surface area contributed by atoms with E-state index in [0.717, 1.165) is 5.56 Å². The van der Waals surface area contributed by atoms with Crippen LogP contribution in [-0.2, 0) is 9.59 Å². The van der Waals surface area contributed by atoms with Crippen LogP contribution in [0.15, 0.2) is 24.3 Å². The molecule has 1 fully saturated rings. The number of nitrogens with zero attached hydrogens (tertiary/aromatic N) is 3. The minimum atomic E-state index is -0.198. The molecule has 3 rings (SSSR count). The number of carbonyl (C=O) groups excluding carboxylic acids is 2. The van der Waals surface area contributed by atoms with Gasteiger partial charge in [0, 0.05) is 24.2 Å². The summed E-state index contributed by atoms with van der Waals surface area (Å²) < 4.78 is 0. The van der Waals surface area contributed by atoms with E-state index in [1.807, 2.05) is 12.1 Å². The Kier molecular flexibility index (Phi) is 3.59. The van der Waals surface area contributed by atoms with Crippen molar-refractivity contribution in [2.45, 2.75) is 12.8 Å². The molecule has 0 aliphatic carbocycles. The number of hydrogen-bond donors (Lipinski definition) is 3. The van der Waals surface area contributed by atoms with Gasteiger partial charge >= 0.3 is 0 Å². The molecule has 1 atom stereocenters. The fourth-order valence-corrected chi connectivity index (χ4v) is 2.22. The third-order valence-corrected chi connectivity index (χ3v) is 3.37. The highest BCUT2D eigenvalue weighted by Crippen LogP contribution is 2.20. The van der Waals surface area contributed by atoms with Crippen LogP contribution in [0.5, 0.6) is 0 Å². The fourth-order valence-electron chi connectivity index (χ4n) is 2.22. The first-order chi connectivity index (χ1) is 10.2. The van der Waals surface area contributed by atoms with Crippen LogP contribution in [0.1, 0.15) is 12.8 Å². The molecule has 0 saturated carbocycles.